The van der Waals surface area contributed by atoms with Crippen LogP contribution in [0.5, 0.6) is 0 Å². The maximum atomic E-state index is 13.3. The number of amides is 1. The molecule has 0 N–H and O–H groups in total. The van der Waals surface area contributed by atoms with E-state index in [1.165, 1.54) is 5.56 Å². The van der Waals surface area contributed by atoms with E-state index in [-0.39, 0.29) is 28.9 Å². The highest BCUT2D eigenvalue weighted by Crippen LogP contribution is 2.27. The fourth-order valence-electron chi connectivity index (χ4n) is 3.39. The summed E-state index contributed by atoms with van der Waals surface area (Å²) in [5.74, 6) is 0.127. The molecule has 0 unspecified atom stereocenters. The number of hydrogen-bond acceptors (Lipinski definition) is 4. The van der Waals surface area contributed by atoms with Gasteiger partial charge in [-0.15, -0.1) is 11.3 Å². The van der Waals surface area contributed by atoms with Crippen molar-refractivity contribution < 1.29 is 13.2 Å². The molecule has 27 heavy (non-hydrogen) atoms. The second-order valence-electron chi connectivity index (χ2n) is 8.34. The van der Waals surface area contributed by atoms with E-state index < -0.39 is 9.84 Å². The topological polar surface area (TPSA) is 54.5 Å². The van der Waals surface area contributed by atoms with Crippen LogP contribution in [0.2, 0.25) is 0 Å². The summed E-state index contributed by atoms with van der Waals surface area (Å²) in [6.45, 7) is 8.90. The Labute approximate surface area is 166 Å². The van der Waals surface area contributed by atoms with E-state index in [0.717, 1.165) is 10.4 Å². The molecule has 1 aromatic heterocycles. The molecule has 6 heteroatoms. The fourth-order valence-corrected chi connectivity index (χ4v) is 6.02. The van der Waals surface area contributed by atoms with Gasteiger partial charge in [-0.3, -0.25) is 4.79 Å². The Morgan fingerprint density at radius 2 is 1.85 bits per heavy atom. The number of thiophene rings is 1. The molecule has 4 nitrogen and oxygen atoms in total. The monoisotopic (exact) mass is 405 g/mol. The predicted octanol–water partition coefficient (Wildman–Crippen LogP) is 4.18. The molecule has 2 aromatic rings. The minimum atomic E-state index is -3.06. The van der Waals surface area contributed by atoms with Crippen LogP contribution in [-0.2, 0) is 21.8 Å². The van der Waals surface area contributed by atoms with Crippen LogP contribution in [0.3, 0.4) is 0 Å². The first-order valence-electron chi connectivity index (χ1n) is 9.22. The number of hydrogen-bond donors (Lipinski definition) is 0. The maximum absolute atomic E-state index is 13.3. The molecule has 1 aliphatic rings. The van der Waals surface area contributed by atoms with E-state index in [1.807, 2.05) is 42.6 Å². The van der Waals surface area contributed by atoms with Crippen molar-refractivity contribution >= 4 is 27.1 Å². The molecule has 1 aromatic carbocycles. The number of benzene rings is 1. The van der Waals surface area contributed by atoms with Crippen molar-refractivity contribution in [3.05, 3.63) is 57.3 Å². The highest BCUT2D eigenvalue weighted by atomic mass is 32.2. The molecule has 0 spiro atoms. The maximum Gasteiger partial charge on any atom is 0.254 e. The third-order valence-electron chi connectivity index (χ3n) is 5.19. The van der Waals surface area contributed by atoms with E-state index in [4.69, 9.17) is 0 Å². The Hall–Kier alpha value is -1.66. The van der Waals surface area contributed by atoms with Crippen molar-refractivity contribution in [2.75, 3.05) is 11.5 Å². The van der Waals surface area contributed by atoms with Crippen molar-refractivity contribution in [3.8, 4) is 0 Å². The van der Waals surface area contributed by atoms with Gasteiger partial charge < -0.3 is 4.90 Å². The largest absolute Gasteiger partial charge is 0.329 e. The van der Waals surface area contributed by atoms with Gasteiger partial charge in [-0.2, -0.15) is 0 Å². The van der Waals surface area contributed by atoms with E-state index in [0.29, 0.717) is 18.5 Å². The van der Waals surface area contributed by atoms with Crippen LogP contribution in [0.1, 0.15) is 53.6 Å². The Bertz CT molecular complexity index is 921. The Morgan fingerprint density at radius 3 is 2.33 bits per heavy atom. The Morgan fingerprint density at radius 1 is 1.19 bits per heavy atom. The van der Waals surface area contributed by atoms with Crippen LogP contribution in [0.15, 0.2) is 35.7 Å². The molecule has 1 fully saturated rings. The molecule has 0 radical (unpaired) electrons. The van der Waals surface area contributed by atoms with Crippen LogP contribution in [0.4, 0.5) is 0 Å². The average molecular weight is 406 g/mol. The normalized spacial score (nSPS) is 19.2. The molecular weight excluding hydrogens is 378 g/mol. The molecule has 1 amide bonds. The van der Waals surface area contributed by atoms with Gasteiger partial charge in [0, 0.05) is 16.5 Å². The van der Waals surface area contributed by atoms with E-state index >= 15 is 0 Å². The molecule has 1 aliphatic heterocycles. The van der Waals surface area contributed by atoms with Gasteiger partial charge in [0.1, 0.15) is 0 Å². The third kappa shape index (κ3) is 4.61. The van der Waals surface area contributed by atoms with Crippen molar-refractivity contribution in [1.29, 1.82) is 0 Å². The number of rotatable bonds is 4. The summed E-state index contributed by atoms with van der Waals surface area (Å²) in [6, 6.07) is 9.49. The van der Waals surface area contributed by atoms with Crippen molar-refractivity contribution in [2.45, 2.75) is 52.1 Å². The van der Waals surface area contributed by atoms with Gasteiger partial charge in [0.15, 0.2) is 9.84 Å². The highest BCUT2D eigenvalue weighted by molar-refractivity contribution is 7.91. The quantitative estimate of drug-likeness (QED) is 0.767. The van der Waals surface area contributed by atoms with Crippen molar-refractivity contribution in [2.24, 2.45) is 0 Å². The lowest BCUT2D eigenvalue weighted by Crippen LogP contribution is -2.40. The van der Waals surface area contributed by atoms with Gasteiger partial charge in [-0.25, -0.2) is 8.42 Å². The van der Waals surface area contributed by atoms with Gasteiger partial charge in [0.05, 0.1) is 18.1 Å². The number of carbonyl (C=O) groups is 1. The number of sulfone groups is 1. The minimum Gasteiger partial charge on any atom is -0.329 e. The zero-order chi connectivity index (χ0) is 19.8. The molecule has 0 bridgehead atoms. The summed E-state index contributed by atoms with van der Waals surface area (Å²) in [7, 11) is -3.06. The van der Waals surface area contributed by atoms with Gasteiger partial charge in [-0.1, -0.05) is 32.9 Å². The summed E-state index contributed by atoms with van der Waals surface area (Å²) >= 11 is 1.61. The van der Waals surface area contributed by atoms with Gasteiger partial charge in [0.2, 0.25) is 0 Å². The predicted molar refractivity (Wildman–Crippen MR) is 111 cm³/mol. The molecular formula is C21H27NO3S2. The van der Waals surface area contributed by atoms with Gasteiger partial charge in [-0.05, 0) is 53.5 Å². The summed E-state index contributed by atoms with van der Waals surface area (Å²) in [4.78, 5) is 16.1. The fraction of sp³-hybridized carbons (Fsp3) is 0.476. The van der Waals surface area contributed by atoms with Crippen LogP contribution in [0.25, 0.3) is 0 Å². The minimum absolute atomic E-state index is 0.0227. The summed E-state index contributed by atoms with van der Waals surface area (Å²) < 4.78 is 24.0. The molecule has 0 aliphatic carbocycles. The Kier molecular flexibility index (Phi) is 5.50. The van der Waals surface area contributed by atoms with Crippen LogP contribution in [-0.4, -0.2) is 36.8 Å². The lowest BCUT2D eigenvalue weighted by atomic mass is 9.86. The van der Waals surface area contributed by atoms with Crippen LogP contribution < -0.4 is 0 Å². The highest BCUT2D eigenvalue weighted by Gasteiger charge is 2.35. The smallest absolute Gasteiger partial charge is 0.254 e. The number of carbonyl (C=O) groups excluding carboxylic acids is 1. The number of aryl methyl sites for hydroxylation is 1. The summed E-state index contributed by atoms with van der Waals surface area (Å²) in [5.41, 5.74) is 2.95. The molecule has 1 saturated heterocycles. The first kappa shape index (κ1) is 20.1. The van der Waals surface area contributed by atoms with Crippen LogP contribution in [0, 0.1) is 6.92 Å². The lowest BCUT2D eigenvalue weighted by Gasteiger charge is -2.28. The molecule has 2 heterocycles. The van der Waals surface area contributed by atoms with Gasteiger partial charge in [0.25, 0.3) is 5.91 Å². The molecule has 0 saturated carbocycles. The first-order valence-corrected chi connectivity index (χ1v) is 11.9. The van der Waals surface area contributed by atoms with E-state index in [9.17, 15) is 13.2 Å². The standard InChI is InChI=1S/C21H27NO3S2/c1-15-9-11-26-19(15)13-22(18-10-12-27(24,25)14-18)20(23)16-5-7-17(8-6-16)21(2,3)4/h5-9,11,18H,10,12-14H2,1-4H3/t18-/m0/s1. The Balaban J connectivity index is 1.89. The second kappa shape index (κ2) is 7.40. The molecule has 146 valence electrons. The molecule has 3 rings (SSSR count). The third-order valence-corrected chi connectivity index (χ3v) is 7.95. The second-order valence-corrected chi connectivity index (χ2v) is 11.6. The van der Waals surface area contributed by atoms with Crippen LogP contribution >= 0.6 is 11.3 Å². The molecule has 1 atom stereocenters. The first-order chi connectivity index (χ1) is 12.6. The SMILES string of the molecule is Cc1ccsc1CN(C(=O)c1ccc(C(C)(C)C)cc1)[C@H]1CCS(=O)(=O)C1. The van der Waals surface area contributed by atoms with Crippen molar-refractivity contribution in [3.63, 3.8) is 0 Å². The lowest BCUT2D eigenvalue weighted by molar-refractivity contribution is 0.0683. The zero-order valence-corrected chi connectivity index (χ0v) is 18.0. The van der Waals surface area contributed by atoms with Gasteiger partial charge >= 0.3 is 0 Å². The van der Waals surface area contributed by atoms with Crippen molar-refractivity contribution in [1.82, 2.24) is 4.90 Å². The zero-order valence-electron chi connectivity index (χ0n) is 16.4. The summed E-state index contributed by atoms with van der Waals surface area (Å²) in [5, 5.41) is 2.01. The number of nitrogens with zero attached hydrogens (tertiary/aromatic N) is 1. The summed E-state index contributed by atoms with van der Waals surface area (Å²) in [6.07, 6.45) is 0.512. The average Bonchev–Trinajstić information content (AvgIpc) is 3.16. The van der Waals surface area contributed by atoms with E-state index in [2.05, 4.69) is 20.8 Å². The van der Waals surface area contributed by atoms with E-state index in [1.54, 1.807) is 16.2 Å².